The summed E-state index contributed by atoms with van der Waals surface area (Å²) < 4.78 is 64.4. The number of halogens is 5. The van der Waals surface area contributed by atoms with E-state index in [1.807, 2.05) is 0 Å². The van der Waals surface area contributed by atoms with Crippen LogP contribution in [0.2, 0.25) is 0 Å². The van der Waals surface area contributed by atoms with E-state index in [2.05, 4.69) is 16.0 Å². The molecule has 0 fully saturated rings. The third-order valence-electron chi connectivity index (χ3n) is 4.96. The monoisotopic (exact) mass is 551 g/mol. The topological polar surface area (TPSA) is 156 Å². The Bertz CT molecular complexity index is 1160. The highest BCUT2D eigenvalue weighted by molar-refractivity contribution is 8.45. The summed E-state index contributed by atoms with van der Waals surface area (Å²) in [5.41, 5.74) is 11.3. The Morgan fingerprint density at radius 1 is 0.838 bits per heavy atom. The Kier molecular flexibility index (Phi) is 8.24. The molecule has 0 bridgehead atoms. The third kappa shape index (κ3) is 9.34. The molecule has 9 nitrogen and oxygen atoms in total. The number of hydrogen-bond acceptors (Lipinski definition) is 5. The summed E-state index contributed by atoms with van der Waals surface area (Å²) in [6, 6.07) is 6.14. The van der Waals surface area contributed by atoms with Gasteiger partial charge in [0, 0.05) is 12.1 Å². The van der Waals surface area contributed by atoms with Gasteiger partial charge in [-0.3, -0.25) is 19.2 Å². The van der Waals surface area contributed by atoms with Crippen molar-refractivity contribution in [2.45, 2.75) is 42.8 Å². The number of nitrogens with two attached hydrogens (primary N) is 2. The molecule has 0 aliphatic rings. The molecule has 15 heteroatoms. The van der Waals surface area contributed by atoms with Crippen molar-refractivity contribution in [3.05, 3.63) is 60.2 Å². The molecule has 0 unspecified atom stereocenters. The zero-order valence-electron chi connectivity index (χ0n) is 19.4. The number of amides is 4. The number of carbonyl (C=O) groups excluding carboxylic acids is 4. The molecule has 3 atom stereocenters. The maximum absolute atomic E-state index is 12.9. The van der Waals surface area contributed by atoms with Crippen molar-refractivity contribution in [2.24, 2.45) is 11.5 Å². The standard InChI is InChI=1S/C22H26F5N5O4S/c1-13(28)21(35)32-18(22(36)31-17(20(29)34)11-14-5-3-2-4-6-14)12-19(33)30-15-7-9-16(10-8-15)37(23,24,25,26)27/h2-10,13,17-18H,11-12,28H2,1H3,(H2,29,34)(H,30,33)(H,31,36)(H,32,35)/t13-,17-,18-/m0/s1. The average molecular weight is 552 g/mol. The van der Waals surface area contributed by atoms with Gasteiger partial charge in [0.25, 0.3) is 0 Å². The third-order valence-corrected chi connectivity index (χ3v) is 6.13. The van der Waals surface area contributed by atoms with Crippen LogP contribution < -0.4 is 27.4 Å². The van der Waals surface area contributed by atoms with Crippen LogP contribution in [0.25, 0.3) is 0 Å². The van der Waals surface area contributed by atoms with E-state index in [1.54, 1.807) is 30.3 Å². The predicted octanol–water partition coefficient (Wildman–Crippen LogP) is 2.72. The fourth-order valence-electron chi connectivity index (χ4n) is 3.05. The van der Waals surface area contributed by atoms with Crippen LogP contribution in [0.15, 0.2) is 59.5 Å². The van der Waals surface area contributed by atoms with Crippen LogP contribution in [0.4, 0.5) is 25.1 Å². The molecule has 0 spiro atoms. The molecule has 0 radical (unpaired) electrons. The van der Waals surface area contributed by atoms with Gasteiger partial charge in [-0.15, -0.1) is 0 Å². The molecular weight excluding hydrogens is 525 g/mol. The molecule has 37 heavy (non-hydrogen) atoms. The number of rotatable bonds is 11. The molecule has 2 rings (SSSR count). The number of carbonyl (C=O) groups is 4. The Morgan fingerprint density at radius 2 is 1.38 bits per heavy atom. The van der Waals surface area contributed by atoms with Crippen molar-refractivity contribution < 1.29 is 38.6 Å². The fourth-order valence-corrected chi connectivity index (χ4v) is 3.70. The van der Waals surface area contributed by atoms with Gasteiger partial charge in [0.15, 0.2) is 0 Å². The smallest absolute Gasteiger partial charge is 0.310 e. The summed E-state index contributed by atoms with van der Waals surface area (Å²) >= 11 is 0. The van der Waals surface area contributed by atoms with E-state index in [-0.39, 0.29) is 24.2 Å². The van der Waals surface area contributed by atoms with Crippen LogP contribution in [0.3, 0.4) is 0 Å². The molecule has 4 amide bonds. The van der Waals surface area contributed by atoms with Crippen molar-refractivity contribution in [1.29, 1.82) is 0 Å². The second-order valence-electron chi connectivity index (χ2n) is 8.25. The number of hydrogen-bond donors (Lipinski definition) is 5. The SMILES string of the molecule is C[C@H](N)C(=O)N[C@@H](CC(=O)Nc1ccc(S(F)(F)(F)(F)F)cc1)C(=O)N[C@@H](Cc1ccccc1)C(N)=O. The molecule has 0 saturated heterocycles. The first-order valence-corrected chi connectivity index (χ1v) is 12.6. The largest absolute Gasteiger partial charge is 0.368 e. The first-order chi connectivity index (χ1) is 16.9. The number of nitrogens with one attached hydrogen (secondary N) is 3. The quantitative estimate of drug-likeness (QED) is 0.272. The molecule has 0 aromatic heterocycles. The van der Waals surface area contributed by atoms with E-state index < -0.39 is 63.3 Å². The lowest BCUT2D eigenvalue weighted by molar-refractivity contribution is -0.133. The molecule has 2 aromatic rings. The zero-order chi connectivity index (χ0) is 28.1. The van der Waals surface area contributed by atoms with Crippen molar-refractivity contribution in [3.8, 4) is 0 Å². The first-order valence-electron chi connectivity index (χ1n) is 10.7. The first kappa shape index (κ1) is 29.5. The summed E-state index contributed by atoms with van der Waals surface area (Å²) in [4.78, 5) is 47.2. The van der Waals surface area contributed by atoms with Gasteiger partial charge in [-0.05, 0) is 36.8 Å². The minimum atomic E-state index is -9.89. The van der Waals surface area contributed by atoms with Crippen LogP contribution >= 0.6 is 10.2 Å². The molecule has 204 valence electrons. The average Bonchev–Trinajstić information content (AvgIpc) is 2.77. The lowest BCUT2D eigenvalue weighted by Gasteiger charge is -2.40. The van der Waals surface area contributed by atoms with E-state index in [0.29, 0.717) is 17.7 Å². The molecular formula is C22H26F5N5O4S. The molecule has 7 N–H and O–H groups in total. The number of primary amides is 1. The molecule has 0 heterocycles. The summed E-state index contributed by atoms with van der Waals surface area (Å²) in [5.74, 6) is -3.61. The Balaban J connectivity index is 2.16. The van der Waals surface area contributed by atoms with Gasteiger partial charge in [0.05, 0.1) is 12.5 Å². The Hall–Kier alpha value is -3.72. The molecule has 0 saturated carbocycles. The lowest BCUT2D eigenvalue weighted by Crippen LogP contribution is -2.56. The minimum Gasteiger partial charge on any atom is -0.368 e. The van der Waals surface area contributed by atoms with Gasteiger partial charge in [0.1, 0.15) is 17.0 Å². The predicted molar refractivity (Wildman–Crippen MR) is 128 cm³/mol. The van der Waals surface area contributed by atoms with Gasteiger partial charge in [-0.25, -0.2) is 0 Å². The minimum absolute atomic E-state index is 0.0145. The Labute approximate surface area is 208 Å². The molecule has 0 aliphatic carbocycles. The highest BCUT2D eigenvalue weighted by atomic mass is 32.5. The lowest BCUT2D eigenvalue weighted by atomic mass is 10.0. The van der Waals surface area contributed by atoms with Crippen molar-refractivity contribution in [1.82, 2.24) is 10.6 Å². The van der Waals surface area contributed by atoms with E-state index in [1.165, 1.54) is 6.92 Å². The van der Waals surface area contributed by atoms with E-state index in [9.17, 15) is 38.6 Å². The van der Waals surface area contributed by atoms with Crippen LogP contribution in [0.5, 0.6) is 0 Å². The van der Waals surface area contributed by atoms with Gasteiger partial charge in [0.2, 0.25) is 23.6 Å². The fraction of sp³-hybridized carbons (Fsp3) is 0.273. The van der Waals surface area contributed by atoms with Crippen molar-refractivity contribution in [2.75, 3.05) is 5.32 Å². The van der Waals surface area contributed by atoms with Gasteiger partial charge < -0.3 is 27.4 Å². The van der Waals surface area contributed by atoms with E-state index >= 15 is 0 Å². The van der Waals surface area contributed by atoms with Crippen LogP contribution in [0.1, 0.15) is 18.9 Å². The van der Waals surface area contributed by atoms with Gasteiger partial charge >= 0.3 is 10.2 Å². The summed E-state index contributed by atoms with van der Waals surface area (Å²) in [7, 11) is -9.89. The normalized spacial score (nSPS) is 15.8. The zero-order valence-corrected chi connectivity index (χ0v) is 20.2. The van der Waals surface area contributed by atoms with Gasteiger partial charge in [-0.1, -0.05) is 49.8 Å². The van der Waals surface area contributed by atoms with E-state index in [0.717, 1.165) is 0 Å². The second-order valence-corrected chi connectivity index (χ2v) is 10.7. The van der Waals surface area contributed by atoms with Gasteiger partial charge in [-0.2, -0.15) is 0 Å². The van der Waals surface area contributed by atoms with Crippen molar-refractivity contribution in [3.63, 3.8) is 0 Å². The summed E-state index contributed by atoms with van der Waals surface area (Å²) in [6.07, 6.45) is -0.717. The van der Waals surface area contributed by atoms with Crippen LogP contribution in [-0.2, 0) is 25.6 Å². The number of anilines is 1. The van der Waals surface area contributed by atoms with Crippen LogP contribution in [-0.4, -0.2) is 41.8 Å². The highest BCUT2D eigenvalue weighted by Gasteiger charge is 2.65. The molecule has 0 aliphatic heterocycles. The maximum atomic E-state index is 12.9. The maximum Gasteiger partial charge on any atom is 0.310 e. The van der Waals surface area contributed by atoms with E-state index in [4.69, 9.17) is 11.5 Å². The van der Waals surface area contributed by atoms with Crippen LogP contribution in [0, 0.1) is 0 Å². The number of benzene rings is 2. The highest BCUT2D eigenvalue weighted by Crippen LogP contribution is 3.02. The Morgan fingerprint density at radius 3 is 1.86 bits per heavy atom. The summed E-state index contributed by atoms with van der Waals surface area (Å²) in [6.45, 7) is 1.31. The second kappa shape index (κ2) is 10.3. The van der Waals surface area contributed by atoms with Crippen molar-refractivity contribution >= 4 is 39.5 Å². The molecule has 2 aromatic carbocycles. The summed E-state index contributed by atoms with van der Waals surface area (Å²) in [5, 5.41) is 6.76.